The van der Waals surface area contributed by atoms with Crippen LogP contribution in [0.1, 0.15) is 5.56 Å². The topological polar surface area (TPSA) is 105 Å². The maximum Gasteiger partial charge on any atom is 0.224 e. The number of H-pyrrole nitrogens is 1. The zero-order valence-corrected chi connectivity index (χ0v) is 9.46. The first-order valence-electron chi connectivity index (χ1n) is 5.42. The first-order valence-corrected chi connectivity index (χ1v) is 5.42. The second-order valence-corrected chi connectivity index (χ2v) is 3.77. The Morgan fingerprint density at radius 2 is 2.06 bits per heavy atom. The van der Waals surface area contributed by atoms with Crippen molar-refractivity contribution in [3.05, 3.63) is 36.3 Å². The number of nitrogens with zero attached hydrogens (tertiary/aromatic N) is 4. The molecule has 0 radical (unpaired) electrons. The SMILES string of the molecule is Nc1nc(NCc2ccncc2)c2cn[nH]c2n1. The van der Waals surface area contributed by atoms with Gasteiger partial charge >= 0.3 is 0 Å². The lowest BCUT2D eigenvalue weighted by Crippen LogP contribution is -2.05. The average molecular weight is 241 g/mol. The molecule has 0 fully saturated rings. The number of nitrogens with one attached hydrogen (secondary N) is 2. The lowest BCUT2D eigenvalue weighted by molar-refractivity contribution is 1.08. The van der Waals surface area contributed by atoms with E-state index < -0.39 is 0 Å². The van der Waals surface area contributed by atoms with E-state index in [2.05, 4.69) is 30.5 Å². The highest BCUT2D eigenvalue weighted by atomic mass is 15.2. The van der Waals surface area contributed by atoms with Crippen LogP contribution < -0.4 is 11.1 Å². The van der Waals surface area contributed by atoms with Crippen LogP contribution >= 0.6 is 0 Å². The molecule has 18 heavy (non-hydrogen) atoms. The second kappa shape index (κ2) is 4.28. The molecule has 7 nitrogen and oxygen atoms in total. The first kappa shape index (κ1) is 10.5. The Kier molecular flexibility index (Phi) is 2.49. The van der Waals surface area contributed by atoms with Crippen molar-refractivity contribution in [1.82, 2.24) is 25.1 Å². The second-order valence-electron chi connectivity index (χ2n) is 3.77. The molecule has 0 saturated heterocycles. The Balaban J connectivity index is 1.88. The molecule has 4 N–H and O–H groups in total. The Labute approximate surface area is 102 Å². The largest absolute Gasteiger partial charge is 0.368 e. The number of nitrogen functional groups attached to an aromatic ring is 1. The molecule has 0 aliphatic rings. The lowest BCUT2D eigenvalue weighted by atomic mass is 10.2. The highest BCUT2D eigenvalue weighted by Gasteiger charge is 2.07. The zero-order valence-electron chi connectivity index (χ0n) is 9.46. The van der Waals surface area contributed by atoms with Crippen molar-refractivity contribution in [2.45, 2.75) is 6.54 Å². The van der Waals surface area contributed by atoms with Gasteiger partial charge in [0.25, 0.3) is 0 Å². The van der Waals surface area contributed by atoms with Gasteiger partial charge in [-0.05, 0) is 17.7 Å². The van der Waals surface area contributed by atoms with Gasteiger partial charge < -0.3 is 11.1 Å². The number of aromatic nitrogens is 5. The molecule has 3 aromatic heterocycles. The smallest absolute Gasteiger partial charge is 0.224 e. The summed E-state index contributed by atoms with van der Waals surface area (Å²) in [6.45, 7) is 0.638. The van der Waals surface area contributed by atoms with Gasteiger partial charge in [-0.1, -0.05) is 0 Å². The highest BCUT2D eigenvalue weighted by Crippen LogP contribution is 2.19. The van der Waals surface area contributed by atoms with E-state index in [4.69, 9.17) is 5.73 Å². The van der Waals surface area contributed by atoms with Gasteiger partial charge in [0, 0.05) is 18.9 Å². The number of anilines is 2. The maximum atomic E-state index is 5.63. The monoisotopic (exact) mass is 241 g/mol. The van der Waals surface area contributed by atoms with Crippen molar-refractivity contribution in [2.24, 2.45) is 0 Å². The summed E-state index contributed by atoms with van der Waals surface area (Å²) in [5, 5.41) is 10.7. The number of nitrogens with two attached hydrogens (primary N) is 1. The fourth-order valence-corrected chi connectivity index (χ4v) is 1.67. The van der Waals surface area contributed by atoms with E-state index in [1.54, 1.807) is 18.6 Å². The van der Waals surface area contributed by atoms with Crippen molar-refractivity contribution in [3.8, 4) is 0 Å². The van der Waals surface area contributed by atoms with Gasteiger partial charge in [-0.3, -0.25) is 10.1 Å². The van der Waals surface area contributed by atoms with Crippen LogP contribution in [0, 0.1) is 0 Å². The molecule has 0 spiro atoms. The zero-order chi connectivity index (χ0) is 12.4. The molecule has 90 valence electrons. The van der Waals surface area contributed by atoms with Crippen LogP contribution in [0.3, 0.4) is 0 Å². The molecular weight excluding hydrogens is 230 g/mol. The molecule has 3 rings (SSSR count). The normalized spacial score (nSPS) is 10.7. The van der Waals surface area contributed by atoms with Gasteiger partial charge in [0.1, 0.15) is 5.82 Å². The summed E-state index contributed by atoms with van der Waals surface area (Å²) in [6, 6.07) is 3.87. The van der Waals surface area contributed by atoms with Gasteiger partial charge in [0.05, 0.1) is 11.6 Å². The predicted octanol–water partition coefficient (Wildman–Crippen LogP) is 0.942. The summed E-state index contributed by atoms with van der Waals surface area (Å²) in [4.78, 5) is 12.2. The van der Waals surface area contributed by atoms with Crippen molar-refractivity contribution in [2.75, 3.05) is 11.1 Å². The van der Waals surface area contributed by atoms with E-state index in [1.807, 2.05) is 12.1 Å². The van der Waals surface area contributed by atoms with Crippen LogP contribution in [-0.2, 0) is 6.54 Å². The molecular formula is C11H11N7. The summed E-state index contributed by atoms with van der Waals surface area (Å²) in [6.07, 6.45) is 5.17. The molecule has 0 aromatic carbocycles. The number of hydrogen-bond donors (Lipinski definition) is 3. The maximum absolute atomic E-state index is 5.63. The van der Waals surface area contributed by atoms with Crippen molar-refractivity contribution >= 4 is 22.8 Å². The van der Waals surface area contributed by atoms with Crippen molar-refractivity contribution < 1.29 is 0 Å². The third-order valence-corrected chi connectivity index (χ3v) is 2.54. The molecule has 3 heterocycles. The lowest BCUT2D eigenvalue weighted by Gasteiger charge is -2.06. The summed E-state index contributed by atoms with van der Waals surface area (Å²) >= 11 is 0. The summed E-state index contributed by atoms with van der Waals surface area (Å²) < 4.78 is 0. The van der Waals surface area contributed by atoms with E-state index >= 15 is 0 Å². The minimum absolute atomic E-state index is 0.212. The van der Waals surface area contributed by atoms with Crippen LogP contribution in [0.5, 0.6) is 0 Å². The third kappa shape index (κ3) is 1.93. The van der Waals surface area contributed by atoms with Crippen LogP contribution in [-0.4, -0.2) is 25.1 Å². The molecule has 0 aliphatic carbocycles. The van der Waals surface area contributed by atoms with Gasteiger partial charge in [-0.15, -0.1) is 0 Å². The Morgan fingerprint density at radius 3 is 2.89 bits per heavy atom. The fraction of sp³-hybridized carbons (Fsp3) is 0.0909. The molecule has 0 bridgehead atoms. The van der Waals surface area contributed by atoms with Crippen LogP contribution in [0.4, 0.5) is 11.8 Å². The van der Waals surface area contributed by atoms with E-state index in [1.165, 1.54) is 0 Å². The first-order chi connectivity index (χ1) is 8.83. The molecule has 3 aromatic rings. The summed E-state index contributed by atoms with van der Waals surface area (Å²) in [5.41, 5.74) is 7.37. The van der Waals surface area contributed by atoms with Crippen molar-refractivity contribution in [1.29, 1.82) is 0 Å². The van der Waals surface area contributed by atoms with Crippen LogP contribution in [0.15, 0.2) is 30.7 Å². The van der Waals surface area contributed by atoms with Crippen LogP contribution in [0.25, 0.3) is 11.0 Å². The predicted molar refractivity (Wildman–Crippen MR) is 67.7 cm³/mol. The third-order valence-electron chi connectivity index (χ3n) is 2.54. The molecule has 0 aliphatic heterocycles. The number of hydrogen-bond acceptors (Lipinski definition) is 6. The number of rotatable bonds is 3. The number of pyridine rings is 1. The standard InChI is InChI=1S/C11H11N7/c12-11-16-9(8-6-15-18-10(8)17-11)14-5-7-1-3-13-4-2-7/h1-4,6H,5H2,(H4,12,14,15,16,17,18). The minimum Gasteiger partial charge on any atom is -0.368 e. The number of fused-ring (bicyclic) bond motifs is 1. The Hall–Kier alpha value is -2.70. The van der Waals surface area contributed by atoms with Gasteiger partial charge in [-0.2, -0.15) is 15.1 Å². The highest BCUT2D eigenvalue weighted by molar-refractivity contribution is 5.86. The molecule has 0 unspecified atom stereocenters. The molecule has 0 atom stereocenters. The quantitative estimate of drug-likeness (QED) is 0.630. The van der Waals surface area contributed by atoms with E-state index in [0.717, 1.165) is 10.9 Å². The summed E-state index contributed by atoms with van der Waals surface area (Å²) in [7, 11) is 0. The number of aromatic amines is 1. The average Bonchev–Trinajstić information content (AvgIpc) is 2.85. The summed E-state index contributed by atoms with van der Waals surface area (Å²) in [5.74, 6) is 0.882. The molecule has 0 amide bonds. The van der Waals surface area contributed by atoms with E-state index in [0.29, 0.717) is 18.0 Å². The fourth-order valence-electron chi connectivity index (χ4n) is 1.67. The van der Waals surface area contributed by atoms with E-state index in [-0.39, 0.29) is 5.95 Å². The Bertz CT molecular complexity index is 661. The van der Waals surface area contributed by atoms with E-state index in [9.17, 15) is 0 Å². The molecule has 7 heteroatoms. The van der Waals surface area contributed by atoms with Crippen molar-refractivity contribution in [3.63, 3.8) is 0 Å². The van der Waals surface area contributed by atoms with Gasteiger partial charge in [0.15, 0.2) is 5.65 Å². The minimum atomic E-state index is 0.212. The molecule has 0 saturated carbocycles. The van der Waals surface area contributed by atoms with Gasteiger partial charge in [0.2, 0.25) is 5.95 Å². The van der Waals surface area contributed by atoms with Crippen LogP contribution in [0.2, 0.25) is 0 Å². The van der Waals surface area contributed by atoms with Gasteiger partial charge in [-0.25, -0.2) is 0 Å². The Morgan fingerprint density at radius 1 is 1.22 bits per heavy atom.